The first-order valence-electron chi connectivity index (χ1n) is 6.90. The summed E-state index contributed by atoms with van der Waals surface area (Å²) in [6.45, 7) is 4.21. The van der Waals surface area contributed by atoms with Gasteiger partial charge in [-0.05, 0) is 43.5 Å². The first kappa shape index (κ1) is 15.1. The van der Waals surface area contributed by atoms with Crippen LogP contribution in [-0.2, 0) is 6.42 Å². The molecule has 3 aromatic rings. The van der Waals surface area contributed by atoms with Crippen molar-refractivity contribution in [2.24, 2.45) is 0 Å². The lowest BCUT2D eigenvalue weighted by Crippen LogP contribution is -2.11. The number of alkyl halides is 1. The molecule has 0 aliphatic carbocycles. The molecular weight excluding hydrogens is 368 g/mol. The van der Waals surface area contributed by atoms with Crippen LogP contribution >= 0.6 is 38.9 Å². The van der Waals surface area contributed by atoms with E-state index in [0.29, 0.717) is 6.04 Å². The summed E-state index contributed by atoms with van der Waals surface area (Å²) < 4.78 is 3.32. The molecule has 1 aromatic carbocycles. The van der Waals surface area contributed by atoms with E-state index in [9.17, 15) is 0 Å². The maximum absolute atomic E-state index is 6.35. The van der Waals surface area contributed by atoms with E-state index < -0.39 is 0 Å². The zero-order valence-electron chi connectivity index (χ0n) is 11.9. The van der Waals surface area contributed by atoms with Crippen LogP contribution in [0.2, 0.25) is 0 Å². The molecule has 0 bridgehead atoms. The molecule has 0 radical (unpaired) electrons. The number of hydrogen-bond donors (Lipinski definition) is 0. The van der Waals surface area contributed by atoms with Gasteiger partial charge in [-0.15, -0.1) is 22.9 Å². The molecule has 3 rings (SSSR count). The van der Waals surface area contributed by atoms with Crippen LogP contribution in [-0.4, -0.2) is 9.55 Å². The Kier molecular flexibility index (Phi) is 4.38. The van der Waals surface area contributed by atoms with E-state index in [-0.39, 0.29) is 5.38 Å². The van der Waals surface area contributed by atoms with Gasteiger partial charge in [-0.25, -0.2) is 4.98 Å². The number of hydrogen-bond acceptors (Lipinski definition) is 2. The summed E-state index contributed by atoms with van der Waals surface area (Å²) in [5, 5.41) is 2.01. The molecule has 2 nitrogen and oxygen atoms in total. The van der Waals surface area contributed by atoms with Crippen molar-refractivity contribution in [1.82, 2.24) is 9.55 Å². The average molecular weight is 384 g/mol. The van der Waals surface area contributed by atoms with Gasteiger partial charge in [0.05, 0.1) is 16.4 Å². The van der Waals surface area contributed by atoms with Crippen LogP contribution in [0.3, 0.4) is 0 Å². The molecule has 0 amide bonds. The molecule has 0 aliphatic rings. The third kappa shape index (κ3) is 3.03. The molecule has 5 heteroatoms. The highest BCUT2D eigenvalue weighted by atomic mass is 79.9. The van der Waals surface area contributed by atoms with Crippen molar-refractivity contribution in [2.45, 2.75) is 31.7 Å². The standard InChI is InChI=1S/C16H16BrClN2S/c1-10(8-13-4-3-7-21-13)20-15-6-5-12(17)9-14(15)19-16(20)11(2)18/h3-7,9-11H,8H2,1-2H3. The van der Waals surface area contributed by atoms with Gasteiger partial charge in [-0.3, -0.25) is 0 Å². The van der Waals surface area contributed by atoms with Gasteiger partial charge in [0.15, 0.2) is 0 Å². The number of nitrogens with zero attached hydrogens (tertiary/aromatic N) is 2. The maximum Gasteiger partial charge on any atom is 0.127 e. The summed E-state index contributed by atoms with van der Waals surface area (Å²) in [6, 6.07) is 10.8. The van der Waals surface area contributed by atoms with Crippen LogP contribution in [0.5, 0.6) is 0 Å². The number of aromatic nitrogens is 2. The Labute approximate surface area is 141 Å². The highest BCUT2D eigenvalue weighted by molar-refractivity contribution is 9.10. The monoisotopic (exact) mass is 382 g/mol. The minimum Gasteiger partial charge on any atom is -0.324 e. The van der Waals surface area contributed by atoms with Crippen LogP contribution in [0.4, 0.5) is 0 Å². The minimum atomic E-state index is -0.109. The third-order valence-corrected chi connectivity index (χ3v) is 5.14. The SMILES string of the molecule is CC(Cl)c1nc2cc(Br)ccc2n1C(C)Cc1cccs1. The van der Waals surface area contributed by atoms with Gasteiger partial charge in [-0.2, -0.15) is 0 Å². The van der Waals surface area contributed by atoms with E-state index in [4.69, 9.17) is 16.6 Å². The molecule has 0 saturated heterocycles. The van der Waals surface area contributed by atoms with Crippen molar-refractivity contribution in [3.8, 4) is 0 Å². The maximum atomic E-state index is 6.35. The predicted octanol–water partition coefficient (Wildman–Crippen LogP) is 5.96. The van der Waals surface area contributed by atoms with Gasteiger partial charge >= 0.3 is 0 Å². The normalized spacial score (nSPS) is 14.5. The fourth-order valence-corrected chi connectivity index (χ4v) is 3.97. The lowest BCUT2D eigenvalue weighted by molar-refractivity contribution is 0.538. The van der Waals surface area contributed by atoms with E-state index >= 15 is 0 Å². The number of benzene rings is 1. The predicted molar refractivity (Wildman–Crippen MR) is 94.4 cm³/mol. The summed E-state index contributed by atoms with van der Waals surface area (Å²) in [7, 11) is 0. The Balaban J connectivity index is 2.08. The fraction of sp³-hybridized carbons (Fsp3) is 0.312. The summed E-state index contributed by atoms with van der Waals surface area (Å²) in [4.78, 5) is 6.11. The molecule has 0 N–H and O–H groups in total. The van der Waals surface area contributed by atoms with Gasteiger partial charge in [0.2, 0.25) is 0 Å². The first-order chi connectivity index (χ1) is 10.1. The van der Waals surface area contributed by atoms with Crippen molar-refractivity contribution in [1.29, 1.82) is 0 Å². The molecule has 0 fully saturated rings. The van der Waals surface area contributed by atoms with Crippen molar-refractivity contribution < 1.29 is 0 Å². The molecule has 2 aromatic heterocycles. The second-order valence-electron chi connectivity index (χ2n) is 5.22. The van der Waals surface area contributed by atoms with Gasteiger partial charge in [0.1, 0.15) is 5.82 Å². The molecular formula is C16H16BrClN2S. The molecule has 110 valence electrons. The van der Waals surface area contributed by atoms with E-state index in [0.717, 1.165) is 27.8 Å². The number of fused-ring (bicyclic) bond motifs is 1. The highest BCUT2D eigenvalue weighted by Crippen LogP contribution is 2.31. The molecule has 2 unspecified atom stereocenters. The number of rotatable bonds is 4. The summed E-state index contributed by atoms with van der Waals surface area (Å²) >= 11 is 11.7. The molecule has 21 heavy (non-hydrogen) atoms. The van der Waals surface area contributed by atoms with Crippen molar-refractivity contribution in [3.63, 3.8) is 0 Å². The smallest absolute Gasteiger partial charge is 0.127 e. The van der Waals surface area contributed by atoms with Crippen molar-refractivity contribution >= 4 is 49.9 Å². The molecule has 0 spiro atoms. The van der Waals surface area contributed by atoms with Crippen molar-refractivity contribution in [2.75, 3.05) is 0 Å². The lowest BCUT2D eigenvalue weighted by atomic mass is 10.2. The van der Waals surface area contributed by atoms with Crippen molar-refractivity contribution in [3.05, 3.63) is 50.9 Å². The second-order valence-corrected chi connectivity index (χ2v) is 7.82. The fourth-order valence-electron chi connectivity index (χ4n) is 2.65. The molecule has 2 heterocycles. The lowest BCUT2D eigenvalue weighted by Gasteiger charge is -2.18. The zero-order chi connectivity index (χ0) is 15.0. The van der Waals surface area contributed by atoms with E-state index in [2.05, 4.69) is 57.1 Å². The van der Waals surface area contributed by atoms with Gasteiger partial charge < -0.3 is 4.57 Å². The van der Waals surface area contributed by atoms with E-state index in [1.54, 1.807) is 11.3 Å². The molecule has 0 aliphatic heterocycles. The van der Waals surface area contributed by atoms with E-state index in [1.807, 2.05) is 13.0 Å². The first-order valence-corrected chi connectivity index (χ1v) is 9.01. The Morgan fingerprint density at radius 3 is 2.81 bits per heavy atom. The summed E-state index contributed by atoms with van der Waals surface area (Å²) in [5.41, 5.74) is 2.13. The summed E-state index contributed by atoms with van der Waals surface area (Å²) in [6.07, 6.45) is 0.996. The van der Waals surface area contributed by atoms with Crippen LogP contribution in [0.1, 0.15) is 36.0 Å². The zero-order valence-corrected chi connectivity index (χ0v) is 15.0. The second kappa shape index (κ2) is 6.11. The Morgan fingerprint density at radius 1 is 1.33 bits per heavy atom. The third-order valence-electron chi connectivity index (χ3n) is 3.55. The molecule has 0 saturated carbocycles. The Morgan fingerprint density at radius 2 is 2.14 bits per heavy atom. The number of imidazole rings is 1. The highest BCUT2D eigenvalue weighted by Gasteiger charge is 2.19. The number of halogens is 2. The quantitative estimate of drug-likeness (QED) is 0.508. The molecule has 2 atom stereocenters. The van der Waals surface area contributed by atoms with Crippen LogP contribution < -0.4 is 0 Å². The van der Waals surface area contributed by atoms with Gasteiger partial charge in [-0.1, -0.05) is 22.0 Å². The topological polar surface area (TPSA) is 17.8 Å². The largest absolute Gasteiger partial charge is 0.324 e. The van der Waals surface area contributed by atoms with Crippen LogP contribution in [0, 0.1) is 0 Å². The van der Waals surface area contributed by atoms with E-state index in [1.165, 1.54) is 4.88 Å². The Hall–Kier alpha value is -0.840. The van der Waals surface area contributed by atoms with Crippen LogP contribution in [0.15, 0.2) is 40.2 Å². The summed E-state index contributed by atoms with van der Waals surface area (Å²) in [5.74, 6) is 0.939. The minimum absolute atomic E-state index is 0.109. The van der Waals surface area contributed by atoms with Gasteiger partial charge in [0, 0.05) is 21.8 Å². The average Bonchev–Trinajstić information content (AvgIpc) is 3.04. The van der Waals surface area contributed by atoms with Gasteiger partial charge in [0.25, 0.3) is 0 Å². The van der Waals surface area contributed by atoms with Crippen LogP contribution in [0.25, 0.3) is 11.0 Å². The Bertz CT molecular complexity index is 749. The number of thiophene rings is 1.